The quantitative estimate of drug-likeness (QED) is 0.230. The number of unbranched alkanes of at least 4 members (excludes halogenated alkanes) is 1. The highest BCUT2D eigenvalue weighted by Crippen LogP contribution is 2.23. The van der Waals surface area contributed by atoms with E-state index in [4.69, 9.17) is 14.3 Å². The molecule has 0 saturated heterocycles. The standard InChI is InChI=1S/C27H27F3N4O4/c28-27(29,30)38-25-12-7-21(8-13-25)9-14-26-32-23(19-37-26)18-36-24-10-5-20(6-11-24)3-1-2-4-22-17-31-34(33-22)15-16-35/h5-14,17,19,35H,1-4,15-16,18H2. The second kappa shape index (κ2) is 12.9. The molecule has 38 heavy (non-hydrogen) atoms. The number of hydrogen-bond acceptors (Lipinski definition) is 7. The van der Waals surface area contributed by atoms with E-state index in [2.05, 4.69) is 19.9 Å². The molecule has 0 aliphatic heterocycles. The van der Waals surface area contributed by atoms with Gasteiger partial charge >= 0.3 is 6.36 Å². The van der Waals surface area contributed by atoms with Crippen LogP contribution in [0.25, 0.3) is 12.2 Å². The Labute approximate surface area is 217 Å². The molecule has 0 radical (unpaired) electrons. The third-order valence-electron chi connectivity index (χ3n) is 5.44. The summed E-state index contributed by atoms with van der Waals surface area (Å²) in [7, 11) is 0. The Morgan fingerprint density at radius 1 is 0.921 bits per heavy atom. The maximum atomic E-state index is 12.3. The number of alkyl halides is 3. The van der Waals surface area contributed by atoms with E-state index in [9.17, 15) is 13.2 Å². The number of aliphatic hydroxyl groups is 1. The van der Waals surface area contributed by atoms with Crippen LogP contribution in [-0.2, 0) is 26.0 Å². The smallest absolute Gasteiger partial charge is 0.487 e. The Morgan fingerprint density at radius 3 is 2.39 bits per heavy atom. The summed E-state index contributed by atoms with van der Waals surface area (Å²) in [4.78, 5) is 5.84. The normalized spacial score (nSPS) is 11.8. The van der Waals surface area contributed by atoms with Crippen LogP contribution in [0.3, 0.4) is 0 Å². The number of aromatic nitrogens is 4. The Balaban J connectivity index is 1.17. The van der Waals surface area contributed by atoms with Gasteiger partial charge in [0.25, 0.3) is 0 Å². The van der Waals surface area contributed by atoms with Crippen molar-refractivity contribution >= 4 is 12.2 Å². The highest BCUT2D eigenvalue weighted by Gasteiger charge is 2.30. The molecule has 0 atom stereocenters. The number of benzene rings is 2. The first-order valence-electron chi connectivity index (χ1n) is 12.1. The number of hydrogen-bond donors (Lipinski definition) is 1. The molecule has 0 saturated carbocycles. The highest BCUT2D eigenvalue weighted by atomic mass is 19.4. The molecule has 2 aromatic heterocycles. The molecule has 0 unspecified atom stereocenters. The molecule has 11 heteroatoms. The minimum absolute atomic E-state index is 0.0261. The van der Waals surface area contributed by atoms with E-state index in [-0.39, 0.29) is 19.0 Å². The van der Waals surface area contributed by atoms with Crippen LogP contribution in [0, 0.1) is 0 Å². The summed E-state index contributed by atoms with van der Waals surface area (Å²) in [6.07, 6.45) is 5.63. The molecule has 1 N–H and O–H groups in total. The molecular weight excluding hydrogens is 501 g/mol. The van der Waals surface area contributed by atoms with Crippen LogP contribution in [0.15, 0.2) is 65.4 Å². The first kappa shape index (κ1) is 26.9. The van der Waals surface area contributed by atoms with Gasteiger partial charge in [-0.25, -0.2) is 4.98 Å². The monoisotopic (exact) mass is 528 g/mol. The van der Waals surface area contributed by atoms with Gasteiger partial charge in [-0.3, -0.25) is 0 Å². The Kier molecular flexibility index (Phi) is 9.15. The lowest BCUT2D eigenvalue weighted by Gasteiger charge is -2.08. The lowest BCUT2D eigenvalue weighted by atomic mass is 10.1. The molecule has 0 aliphatic carbocycles. The van der Waals surface area contributed by atoms with Gasteiger partial charge in [0.2, 0.25) is 5.89 Å². The summed E-state index contributed by atoms with van der Waals surface area (Å²) >= 11 is 0. The van der Waals surface area contributed by atoms with Gasteiger partial charge in [-0.1, -0.05) is 24.3 Å². The van der Waals surface area contributed by atoms with Crippen LogP contribution in [0.5, 0.6) is 11.5 Å². The van der Waals surface area contributed by atoms with Crippen molar-refractivity contribution in [1.82, 2.24) is 20.0 Å². The zero-order valence-corrected chi connectivity index (χ0v) is 20.5. The van der Waals surface area contributed by atoms with Crippen LogP contribution in [0.4, 0.5) is 13.2 Å². The fourth-order valence-corrected chi connectivity index (χ4v) is 3.60. The second-order valence-corrected chi connectivity index (χ2v) is 8.42. The molecule has 0 fully saturated rings. The van der Waals surface area contributed by atoms with Gasteiger partial charge in [0.1, 0.15) is 30.1 Å². The number of halogens is 3. The zero-order valence-electron chi connectivity index (χ0n) is 20.5. The van der Waals surface area contributed by atoms with Crippen molar-refractivity contribution in [1.29, 1.82) is 0 Å². The average Bonchev–Trinajstić information content (AvgIpc) is 3.54. The Morgan fingerprint density at radius 2 is 1.66 bits per heavy atom. The van der Waals surface area contributed by atoms with Crippen LogP contribution in [0.2, 0.25) is 0 Å². The maximum Gasteiger partial charge on any atom is 0.573 e. The van der Waals surface area contributed by atoms with E-state index >= 15 is 0 Å². The van der Waals surface area contributed by atoms with E-state index in [0.717, 1.165) is 37.1 Å². The van der Waals surface area contributed by atoms with Crippen molar-refractivity contribution in [3.05, 3.63) is 89.4 Å². The summed E-state index contributed by atoms with van der Waals surface area (Å²) < 4.78 is 51.8. The van der Waals surface area contributed by atoms with Crippen molar-refractivity contribution in [2.75, 3.05) is 6.61 Å². The lowest BCUT2D eigenvalue weighted by Crippen LogP contribution is -2.16. The highest BCUT2D eigenvalue weighted by molar-refractivity contribution is 5.66. The van der Waals surface area contributed by atoms with Gasteiger partial charge in [0.15, 0.2) is 0 Å². The summed E-state index contributed by atoms with van der Waals surface area (Å²) in [5.74, 6) is 0.788. The molecule has 0 amide bonds. The average molecular weight is 529 g/mol. The molecule has 4 rings (SSSR count). The largest absolute Gasteiger partial charge is 0.573 e. The fourth-order valence-electron chi connectivity index (χ4n) is 3.60. The van der Waals surface area contributed by atoms with E-state index in [1.807, 2.05) is 24.3 Å². The molecule has 200 valence electrons. The SMILES string of the molecule is OCCn1ncc(CCCCc2ccc(OCc3coc(C=Cc4ccc(OC(F)(F)F)cc4)n3)cc2)n1. The number of aryl methyl sites for hydroxylation is 2. The number of aliphatic hydroxyl groups excluding tert-OH is 1. The van der Waals surface area contributed by atoms with Crippen LogP contribution < -0.4 is 9.47 Å². The zero-order chi connectivity index (χ0) is 26.8. The van der Waals surface area contributed by atoms with E-state index in [1.165, 1.54) is 40.9 Å². The Bertz CT molecular complexity index is 1300. The molecular formula is C27H27F3N4O4. The molecule has 0 aliphatic rings. The van der Waals surface area contributed by atoms with Gasteiger partial charge in [0, 0.05) is 6.08 Å². The van der Waals surface area contributed by atoms with Gasteiger partial charge in [0.05, 0.1) is 25.0 Å². The summed E-state index contributed by atoms with van der Waals surface area (Å²) in [5.41, 5.74) is 3.43. The first-order chi connectivity index (χ1) is 18.4. The third kappa shape index (κ3) is 8.77. The van der Waals surface area contributed by atoms with E-state index in [0.29, 0.717) is 23.7 Å². The van der Waals surface area contributed by atoms with Crippen molar-refractivity contribution in [3.63, 3.8) is 0 Å². The van der Waals surface area contributed by atoms with Gasteiger partial charge in [-0.2, -0.15) is 15.0 Å². The first-order valence-corrected chi connectivity index (χ1v) is 12.1. The van der Waals surface area contributed by atoms with Gasteiger partial charge < -0.3 is 19.0 Å². The molecule has 2 aromatic carbocycles. The van der Waals surface area contributed by atoms with Crippen molar-refractivity contribution < 1.29 is 32.2 Å². The summed E-state index contributed by atoms with van der Waals surface area (Å²) in [6, 6.07) is 13.4. The number of nitrogens with zero attached hydrogens (tertiary/aromatic N) is 4. The van der Waals surface area contributed by atoms with Crippen LogP contribution in [0.1, 0.15) is 41.2 Å². The second-order valence-electron chi connectivity index (χ2n) is 8.42. The molecule has 0 spiro atoms. The number of rotatable bonds is 13. The van der Waals surface area contributed by atoms with Crippen LogP contribution in [-0.4, -0.2) is 38.1 Å². The predicted octanol–water partition coefficient (Wildman–Crippen LogP) is 5.47. The predicted molar refractivity (Wildman–Crippen MR) is 133 cm³/mol. The number of oxazole rings is 1. The fraction of sp³-hybridized carbons (Fsp3) is 0.296. The van der Waals surface area contributed by atoms with E-state index < -0.39 is 6.36 Å². The topological polar surface area (TPSA) is 95.4 Å². The molecule has 8 nitrogen and oxygen atoms in total. The summed E-state index contributed by atoms with van der Waals surface area (Å²) in [5, 5.41) is 17.4. The minimum Gasteiger partial charge on any atom is -0.487 e. The maximum absolute atomic E-state index is 12.3. The molecule has 4 aromatic rings. The van der Waals surface area contributed by atoms with Crippen molar-refractivity contribution in [2.24, 2.45) is 0 Å². The summed E-state index contributed by atoms with van der Waals surface area (Å²) in [6.45, 7) is 0.670. The third-order valence-corrected chi connectivity index (χ3v) is 5.44. The van der Waals surface area contributed by atoms with E-state index in [1.54, 1.807) is 18.3 Å². The van der Waals surface area contributed by atoms with Crippen LogP contribution >= 0.6 is 0 Å². The minimum atomic E-state index is -4.72. The van der Waals surface area contributed by atoms with Crippen molar-refractivity contribution in [3.8, 4) is 11.5 Å². The Hall–Kier alpha value is -4.12. The van der Waals surface area contributed by atoms with Crippen molar-refractivity contribution in [2.45, 2.75) is 45.2 Å². The van der Waals surface area contributed by atoms with Gasteiger partial charge in [-0.15, -0.1) is 13.2 Å². The molecule has 2 heterocycles. The number of ether oxygens (including phenoxy) is 2. The van der Waals surface area contributed by atoms with Gasteiger partial charge in [-0.05, 0) is 67.2 Å². The molecule has 0 bridgehead atoms. The lowest BCUT2D eigenvalue weighted by molar-refractivity contribution is -0.274.